The van der Waals surface area contributed by atoms with E-state index >= 15 is 0 Å². The molecule has 1 atom stereocenters. The second-order valence-electron chi connectivity index (χ2n) is 6.63. The molecule has 0 saturated heterocycles. The second-order valence-corrected chi connectivity index (χ2v) is 8.84. The molecule has 3 aromatic rings. The van der Waals surface area contributed by atoms with Gasteiger partial charge in [-0.05, 0) is 42.4 Å². The minimum atomic E-state index is -3.62. The predicted molar refractivity (Wildman–Crippen MR) is 114 cm³/mol. The van der Waals surface area contributed by atoms with E-state index < -0.39 is 10.0 Å². The summed E-state index contributed by atoms with van der Waals surface area (Å²) in [5, 5.41) is 0.503. The van der Waals surface area contributed by atoms with E-state index in [0.717, 1.165) is 5.56 Å². The van der Waals surface area contributed by atoms with Crippen LogP contribution in [-0.2, 0) is 16.6 Å². The van der Waals surface area contributed by atoms with Gasteiger partial charge in [-0.3, -0.25) is 4.90 Å². The van der Waals surface area contributed by atoms with Crippen LogP contribution in [0, 0.1) is 0 Å². The van der Waals surface area contributed by atoms with E-state index in [9.17, 15) is 8.42 Å². The van der Waals surface area contributed by atoms with Crippen LogP contribution >= 0.6 is 11.6 Å². The normalized spacial score (nSPS) is 12.8. The lowest BCUT2D eigenvalue weighted by Crippen LogP contribution is -2.36. The Labute approximate surface area is 171 Å². The summed E-state index contributed by atoms with van der Waals surface area (Å²) in [5.41, 5.74) is 2.23. The zero-order chi connectivity index (χ0) is 20.0. The molecule has 0 aliphatic rings. The molecule has 3 aromatic carbocycles. The molecule has 28 heavy (non-hydrogen) atoms. The van der Waals surface area contributed by atoms with Gasteiger partial charge in [0.15, 0.2) is 0 Å². The van der Waals surface area contributed by atoms with Crippen molar-refractivity contribution in [3.63, 3.8) is 0 Å². The molecule has 146 valence electrons. The topological polar surface area (TPSA) is 49.4 Å². The summed E-state index contributed by atoms with van der Waals surface area (Å²) < 4.78 is 28.1. The van der Waals surface area contributed by atoms with E-state index in [0.29, 0.717) is 11.6 Å². The number of sulfonamides is 1. The monoisotopic (exact) mass is 414 g/mol. The molecule has 0 spiro atoms. The highest BCUT2D eigenvalue weighted by Gasteiger charge is 2.21. The SMILES string of the molecule is CN(Cc1ccccc1)[C@@H](CNS(=O)(=O)c1ccc(Cl)cc1)c1ccccc1. The molecule has 0 unspecified atom stereocenters. The maximum atomic E-state index is 12.7. The first-order chi connectivity index (χ1) is 13.5. The Morgan fingerprint density at radius 3 is 2.07 bits per heavy atom. The van der Waals surface area contributed by atoms with Crippen molar-refractivity contribution >= 4 is 21.6 Å². The number of nitrogens with one attached hydrogen (secondary N) is 1. The third kappa shape index (κ3) is 5.42. The van der Waals surface area contributed by atoms with Gasteiger partial charge in [-0.1, -0.05) is 72.3 Å². The molecule has 0 amide bonds. The quantitative estimate of drug-likeness (QED) is 0.590. The third-order valence-electron chi connectivity index (χ3n) is 4.58. The van der Waals surface area contributed by atoms with Gasteiger partial charge in [-0.25, -0.2) is 13.1 Å². The number of halogens is 1. The van der Waals surface area contributed by atoms with Crippen LogP contribution in [0.25, 0.3) is 0 Å². The van der Waals surface area contributed by atoms with Gasteiger partial charge in [0.2, 0.25) is 10.0 Å². The van der Waals surface area contributed by atoms with Crippen LogP contribution in [0.3, 0.4) is 0 Å². The number of benzene rings is 3. The van der Waals surface area contributed by atoms with Crippen molar-refractivity contribution in [2.45, 2.75) is 17.5 Å². The van der Waals surface area contributed by atoms with Crippen molar-refractivity contribution < 1.29 is 8.42 Å². The van der Waals surface area contributed by atoms with E-state index in [4.69, 9.17) is 11.6 Å². The fourth-order valence-electron chi connectivity index (χ4n) is 3.07. The van der Waals surface area contributed by atoms with Crippen LogP contribution in [0.1, 0.15) is 17.2 Å². The number of rotatable bonds is 8. The molecule has 0 aromatic heterocycles. The summed E-state index contributed by atoms with van der Waals surface area (Å²) >= 11 is 5.87. The zero-order valence-corrected chi connectivity index (χ0v) is 17.2. The molecular formula is C22H23ClN2O2S. The lowest BCUT2D eigenvalue weighted by Gasteiger charge is -2.29. The number of hydrogen-bond donors (Lipinski definition) is 1. The van der Waals surface area contributed by atoms with Crippen molar-refractivity contribution in [2.75, 3.05) is 13.6 Å². The van der Waals surface area contributed by atoms with Crippen molar-refractivity contribution in [3.05, 3.63) is 101 Å². The fraction of sp³-hybridized carbons (Fsp3) is 0.182. The molecule has 0 aliphatic heterocycles. The van der Waals surface area contributed by atoms with E-state index in [2.05, 4.69) is 21.8 Å². The largest absolute Gasteiger partial charge is 0.294 e. The van der Waals surface area contributed by atoms with Gasteiger partial charge in [-0.15, -0.1) is 0 Å². The van der Waals surface area contributed by atoms with Gasteiger partial charge in [0.25, 0.3) is 0 Å². The Bertz CT molecular complexity index is 978. The maximum Gasteiger partial charge on any atom is 0.240 e. The van der Waals surface area contributed by atoms with Crippen LogP contribution in [0.5, 0.6) is 0 Å². The molecular weight excluding hydrogens is 392 g/mol. The Kier molecular flexibility index (Phi) is 6.86. The molecule has 0 aliphatic carbocycles. The average molecular weight is 415 g/mol. The van der Waals surface area contributed by atoms with Crippen molar-refractivity contribution in [3.8, 4) is 0 Å². The molecule has 6 heteroatoms. The van der Waals surface area contributed by atoms with E-state index in [1.165, 1.54) is 17.7 Å². The molecule has 3 rings (SSSR count). The third-order valence-corrected chi connectivity index (χ3v) is 6.27. The van der Waals surface area contributed by atoms with Gasteiger partial charge in [-0.2, -0.15) is 0 Å². The standard InChI is InChI=1S/C22H23ClN2O2S/c1-25(17-18-8-4-2-5-9-18)22(19-10-6-3-7-11-19)16-24-28(26,27)21-14-12-20(23)13-15-21/h2-15,22,24H,16-17H2,1H3/t22-/m0/s1. The van der Waals surface area contributed by atoms with Crippen molar-refractivity contribution in [1.82, 2.24) is 9.62 Å². The summed E-state index contributed by atoms with van der Waals surface area (Å²) in [6.07, 6.45) is 0. The Morgan fingerprint density at radius 2 is 1.46 bits per heavy atom. The van der Waals surface area contributed by atoms with E-state index in [1.807, 2.05) is 55.6 Å². The lowest BCUT2D eigenvalue weighted by atomic mass is 10.1. The van der Waals surface area contributed by atoms with Gasteiger partial charge in [0.1, 0.15) is 0 Å². The number of hydrogen-bond acceptors (Lipinski definition) is 3. The lowest BCUT2D eigenvalue weighted by molar-refractivity contribution is 0.237. The molecule has 0 radical (unpaired) electrons. The van der Waals surface area contributed by atoms with Crippen LogP contribution < -0.4 is 4.72 Å². The highest BCUT2D eigenvalue weighted by molar-refractivity contribution is 7.89. The summed E-state index contributed by atoms with van der Waals surface area (Å²) in [7, 11) is -1.62. The predicted octanol–water partition coefficient (Wildman–Crippen LogP) is 4.49. The van der Waals surface area contributed by atoms with Crippen LogP contribution in [-0.4, -0.2) is 26.9 Å². The summed E-state index contributed by atoms with van der Waals surface area (Å²) in [5.74, 6) is 0. The number of likely N-dealkylation sites (N-methyl/N-ethyl adjacent to an activating group) is 1. The van der Waals surface area contributed by atoms with Crippen LogP contribution in [0.15, 0.2) is 89.8 Å². The Morgan fingerprint density at radius 1 is 0.893 bits per heavy atom. The van der Waals surface area contributed by atoms with E-state index in [-0.39, 0.29) is 17.5 Å². The summed E-state index contributed by atoms with van der Waals surface area (Å²) in [6, 6.07) is 26.1. The first kappa shape index (κ1) is 20.6. The minimum absolute atomic E-state index is 0.108. The van der Waals surface area contributed by atoms with E-state index in [1.54, 1.807) is 12.1 Å². The number of nitrogens with zero attached hydrogens (tertiary/aromatic N) is 1. The van der Waals surface area contributed by atoms with Crippen molar-refractivity contribution in [2.24, 2.45) is 0 Å². The molecule has 0 fully saturated rings. The molecule has 0 saturated carbocycles. The first-order valence-electron chi connectivity index (χ1n) is 9.00. The second kappa shape index (κ2) is 9.34. The highest BCUT2D eigenvalue weighted by Crippen LogP contribution is 2.22. The Hall–Kier alpha value is -2.18. The molecule has 1 N–H and O–H groups in total. The van der Waals surface area contributed by atoms with Gasteiger partial charge in [0.05, 0.1) is 4.90 Å². The highest BCUT2D eigenvalue weighted by atomic mass is 35.5. The van der Waals surface area contributed by atoms with Gasteiger partial charge >= 0.3 is 0 Å². The minimum Gasteiger partial charge on any atom is -0.294 e. The molecule has 4 nitrogen and oxygen atoms in total. The van der Waals surface area contributed by atoms with Gasteiger partial charge < -0.3 is 0 Å². The smallest absolute Gasteiger partial charge is 0.240 e. The molecule has 0 bridgehead atoms. The van der Waals surface area contributed by atoms with Gasteiger partial charge in [0, 0.05) is 24.2 Å². The summed E-state index contributed by atoms with van der Waals surface area (Å²) in [6.45, 7) is 0.974. The molecule has 0 heterocycles. The Balaban J connectivity index is 1.78. The fourth-order valence-corrected chi connectivity index (χ4v) is 4.24. The zero-order valence-electron chi connectivity index (χ0n) is 15.6. The van der Waals surface area contributed by atoms with Crippen LogP contribution in [0.4, 0.5) is 0 Å². The maximum absolute atomic E-state index is 12.7. The average Bonchev–Trinajstić information content (AvgIpc) is 2.70. The van der Waals surface area contributed by atoms with Crippen LogP contribution in [0.2, 0.25) is 5.02 Å². The summed E-state index contributed by atoms with van der Waals surface area (Å²) in [4.78, 5) is 2.35. The van der Waals surface area contributed by atoms with Crippen molar-refractivity contribution in [1.29, 1.82) is 0 Å². The first-order valence-corrected chi connectivity index (χ1v) is 10.9.